The lowest BCUT2D eigenvalue weighted by Crippen LogP contribution is -1.96. The minimum atomic E-state index is 0.482. The van der Waals surface area contributed by atoms with Crippen LogP contribution in [-0.4, -0.2) is 13.2 Å². The van der Waals surface area contributed by atoms with Gasteiger partial charge in [-0.25, -0.2) is 0 Å². The van der Waals surface area contributed by atoms with Gasteiger partial charge in [0.2, 0.25) is 0 Å². The summed E-state index contributed by atoms with van der Waals surface area (Å²) in [6.07, 6.45) is 0.896. The van der Waals surface area contributed by atoms with E-state index in [-0.39, 0.29) is 0 Å². The molecule has 0 N–H and O–H groups in total. The molecule has 0 fully saturated rings. The topological polar surface area (TPSA) is 18.5 Å². The molecule has 0 heterocycles. The van der Waals surface area contributed by atoms with Crippen LogP contribution in [0.4, 0.5) is 0 Å². The fourth-order valence-corrected chi connectivity index (χ4v) is 1.50. The van der Waals surface area contributed by atoms with Gasteiger partial charge in [-0.15, -0.1) is 0 Å². The SMILES string of the molecule is CCOC(=C=C(CC)c1ccccc1)OCC. The predicted octanol–water partition coefficient (Wildman–Crippen LogP) is 3.99. The number of ether oxygens (including phenoxy) is 2. The van der Waals surface area contributed by atoms with Crippen molar-refractivity contribution in [3.63, 3.8) is 0 Å². The van der Waals surface area contributed by atoms with Gasteiger partial charge in [-0.1, -0.05) is 37.3 Å². The van der Waals surface area contributed by atoms with Crippen LogP contribution in [0.5, 0.6) is 0 Å². The van der Waals surface area contributed by atoms with E-state index >= 15 is 0 Å². The highest BCUT2D eigenvalue weighted by molar-refractivity contribution is 5.64. The molecule has 0 bridgehead atoms. The van der Waals surface area contributed by atoms with Crippen LogP contribution in [0.1, 0.15) is 32.8 Å². The second kappa shape index (κ2) is 7.59. The summed E-state index contributed by atoms with van der Waals surface area (Å²) in [5.41, 5.74) is 5.47. The molecular weight excluding hydrogens is 212 g/mol. The van der Waals surface area contributed by atoms with E-state index in [2.05, 4.69) is 24.8 Å². The van der Waals surface area contributed by atoms with Crippen molar-refractivity contribution in [3.05, 3.63) is 47.6 Å². The zero-order valence-electron chi connectivity index (χ0n) is 10.8. The predicted molar refractivity (Wildman–Crippen MR) is 70.4 cm³/mol. The first-order valence-corrected chi connectivity index (χ1v) is 6.12. The molecule has 0 aliphatic rings. The van der Waals surface area contributed by atoms with Gasteiger partial charge < -0.3 is 9.47 Å². The number of hydrogen-bond acceptors (Lipinski definition) is 2. The molecule has 2 nitrogen and oxygen atoms in total. The highest BCUT2D eigenvalue weighted by atomic mass is 16.7. The zero-order valence-corrected chi connectivity index (χ0v) is 10.8. The summed E-state index contributed by atoms with van der Waals surface area (Å²) in [6.45, 7) is 7.16. The Morgan fingerprint density at radius 2 is 1.59 bits per heavy atom. The Labute approximate surface area is 104 Å². The summed E-state index contributed by atoms with van der Waals surface area (Å²) in [4.78, 5) is 0. The van der Waals surface area contributed by atoms with E-state index in [0.717, 1.165) is 17.6 Å². The summed E-state index contributed by atoms with van der Waals surface area (Å²) in [5.74, 6) is 0.482. The smallest absolute Gasteiger partial charge is 0.327 e. The molecule has 0 aromatic heterocycles. The Bertz CT molecular complexity index is 379. The van der Waals surface area contributed by atoms with E-state index in [1.165, 1.54) is 0 Å². The molecule has 0 atom stereocenters. The van der Waals surface area contributed by atoms with Crippen molar-refractivity contribution in [2.24, 2.45) is 0 Å². The van der Waals surface area contributed by atoms with Gasteiger partial charge >= 0.3 is 5.95 Å². The molecule has 0 amide bonds. The maximum atomic E-state index is 5.40. The summed E-state index contributed by atoms with van der Waals surface area (Å²) in [7, 11) is 0. The van der Waals surface area contributed by atoms with Gasteiger partial charge in [0.1, 0.15) is 0 Å². The van der Waals surface area contributed by atoms with Gasteiger partial charge in [-0.3, -0.25) is 0 Å². The second-order valence-corrected chi connectivity index (χ2v) is 3.48. The number of benzene rings is 1. The van der Waals surface area contributed by atoms with Gasteiger partial charge in [-0.05, 0) is 31.6 Å². The Balaban J connectivity index is 3.08. The Kier molecular flexibility index (Phi) is 5.98. The molecule has 1 aromatic rings. The van der Waals surface area contributed by atoms with Crippen LogP contribution in [0.2, 0.25) is 0 Å². The molecule has 0 saturated carbocycles. The average molecular weight is 232 g/mol. The van der Waals surface area contributed by atoms with Crippen molar-refractivity contribution in [2.45, 2.75) is 27.2 Å². The number of rotatable bonds is 6. The Morgan fingerprint density at radius 3 is 2.06 bits per heavy atom. The first kappa shape index (κ1) is 13.4. The van der Waals surface area contributed by atoms with Crippen molar-refractivity contribution in [3.8, 4) is 0 Å². The maximum Gasteiger partial charge on any atom is 0.327 e. The van der Waals surface area contributed by atoms with Crippen LogP contribution in [-0.2, 0) is 9.47 Å². The summed E-state index contributed by atoms with van der Waals surface area (Å²) < 4.78 is 10.8. The van der Waals surface area contributed by atoms with Crippen molar-refractivity contribution in [2.75, 3.05) is 13.2 Å². The Hall–Kier alpha value is -1.66. The fraction of sp³-hybridized carbons (Fsp3) is 0.400. The van der Waals surface area contributed by atoms with Crippen LogP contribution >= 0.6 is 0 Å². The standard InChI is InChI=1S/C15H20O2/c1-4-13(14-10-8-7-9-11-14)12-15(16-5-2)17-6-3/h7-11H,4-6H2,1-3H3. The van der Waals surface area contributed by atoms with Crippen molar-refractivity contribution in [1.29, 1.82) is 0 Å². The third kappa shape index (κ3) is 4.38. The van der Waals surface area contributed by atoms with Gasteiger partial charge in [0.05, 0.1) is 13.2 Å². The minimum Gasteiger partial charge on any atom is -0.460 e. The van der Waals surface area contributed by atoms with Crippen molar-refractivity contribution < 1.29 is 9.47 Å². The molecule has 0 unspecified atom stereocenters. The van der Waals surface area contributed by atoms with Crippen LogP contribution < -0.4 is 0 Å². The zero-order chi connectivity index (χ0) is 12.5. The maximum absolute atomic E-state index is 5.40. The normalized spacial score (nSPS) is 9.35. The van der Waals surface area contributed by atoms with E-state index in [4.69, 9.17) is 9.47 Å². The molecule has 0 saturated heterocycles. The monoisotopic (exact) mass is 232 g/mol. The van der Waals surface area contributed by atoms with E-state index < -0.39 is 0 Å². The first-order valence-electron chi connectivity index (χ1n) is 6.12. The summed E-state index contributed by atoms with van der Waals surface area (Å²) >= 11 is 0. The molecule has 92 valence electrons. The molecule has 1 aromatic carbocycles. The minimum absolute atomic E-state index is 0.482. The van der Waals surface area contributed by atoms with Crippen molar-refractivity contribution in [1.82, 2.24) is 0 Å². The molecule has 0 radical (unpaired) electrons. The van der Waals surface area contributed by atoms with Gasteiger partial charge in [0.25, 0.3) is 0 Å². The summed E-state index contributed by atoms with van der Waals surface area (Å²) in [6, 6.07) is 10.2. The van der Waals surface area contributed by atoms with Gasteiger partial charge in [-0.2, -0.15) is 0 Å². The highest BCUT2D eigenvalue weighted by Crippen LogP contribution is 2.17. The van der Waals surface area contributed by atoms with Crippen molar-refractivity contribution >= 4 is 5.57 Å². The lowest BCUT2D eigenvalue weighted by atomic mass is 10.1. The third-order valence-corrected chi connectivity index (χ3v) is 2.28. The van der Waals surface area contributed by atoms with Crippen LogP contribution in [0.3, 0.4) is 0 Å². The van der Waals surface area contributed by atoms with E-state index in [9.17, 15) is 0 Å². The molecular formula is C15H20O2. The fourth-order valence-electron chi connectivity index (χ4n) is 1.50. The van der Waals surface area contributed by atoms with Crippen LogP contribution in [0.25, 0.3) is 5.57 Å². The largest absolute Gasteiger partial charge is 0.460 e. The molecule has 17 heavy (non-hydrogen) atoms. The van der Waals surface area contributed by atoms with E-state index in [1.807, 2.05) is 32.0 Å². The van der Waals surface area contributed by atoms with Crippen LogP contribution in [0.15, 0.2) is 42.0 Å². The highest BCUT2D eigenvalue weighted by Gasteiger charge is 2.00. The molecule has 1 rings (SSSR count). The molecule has 0 spiro atoms. The molecule has 0 aliphatic carbocycles. The third-order valence-electron chi connectivity index (χ3n) is 2.28. The first-order chi connectivity index (χ1) is 8.31. The van der Waals surface area contributed by atoms with Gasteiger partial charge in [0.15, 0.2) is 0 Å². The lowest BCUT2D eigenvalue weighted by molar-refractivity contribution is 0.0478. The van der Waals surface area contributed by atoms with E-state index in [1.54, 1.807) is 0 Å². The number of allylic oxidation sites excluding steroid dienone is 1. The summed E-state index contributed by atoms with van der Waals surface area (Å²) in [5, 5.41) is 0. The molecule has 0 aliphatic heterocycles. The van der Waals surface area contributed by atoms with Crippen LogP contribution in [0, 0.1) is 0 Å². The average Bonchev–Trinajstić information content (AvgIpc) is 2.37. The number of hydrogen-bond donors (Lipinski definition) is 0. The van der Waals surface area contributed by atoms with E-state index in [0.29, 0.717) is 19.2 Å². The molecule has 2 heteroatoms. The van der Waals surface area contributed by atoms with Gasteiger partial charge in [0, 0.05) is 5.57 Å². The lowest BCUT2D eigenvalue weighted by Gasteiger charge is -2.07. The second-order valence-electron chi connectivity index (χ2n) is 3.48. The quantitative estimate of drug-likeness (QED) is 0.545. The Morgan fingerprint density at radius 1 is 1.00 bits per heavy atom.